The van der Waals surface area contributed by atoms with Crippen LogP contribution in [0.15, 0.2) is 105 Å². The van der Waals surface area contributed by atoms with Crippen LogP contribution in [0.2, 0.25) is 0 Å². The lowest BCUT2D eigenvalue weighted by molar-refractivity contribution is -0.114. The predicted molar refractivity (Wildman–Crippen MR) is 173 cm³/mol. The summed E-state index contributed by atoms with van der Waals surface area (Å²) in [5.41, 5.74) is 10.1. The van der Waals surface area contributed by atoms with Gasteiger partial charge in [-0.15, -0.1) is 16.2 Å². The Balaban J connectivity index is 1.86. The maximum Gasteiger partial charge on any atom is 0.332 e. The minimum atomic E-state index is -1.78. The lowest BCUT2D eigenvalue weighted by Crippen LogP contribution is -2.15. The SMILES string of the molecule is Cc1ccc([S+]([O-])n2c(-c3cccc(C(C=C(N)C(=O)N=O)=NC(C)C)c3)c(-c3ccsc3C#N)c3cc(F)ccc32)cc1. The van der Waals surface area contributed by atoms with Crippen LogP contribution >= 0.6 is 11.3 Å². The summed E-state index contributed by atoms with van der Waals surface area (Å²) in [5, 5.41) is 14.6. The average molecular weight is 624 g/mol. The summed E-state index contributed by atoms with van der Waals surface area (Å²) in [4.78, 5) is 28.3. The number of nitrogens with zero attached hydrogens (tertiary/aromatic N) is 4. The maximum atomic E-state index is 14.8. The number of nitrogens with two attached hydrogens (primary N) is 1. The molecule has 1 atom stereocenters. The minimum Gasteiger partial charge on any atom is -0.587 e. The van der Waals surface area contributed by atoms with E-state index in [-0.39, 0.29) is 11.7 Å². The number of aromatic nitrogens is 1. The normalized spacial score (nSPS) is 12.8. The second kappa shape index (κ2) is 12.8. The molecule has 5 aromatic rings. The Morgan fingerprint density at radius 2 is 1.89 bits per heavy atom. The third-order valence-electron chi connectivity index (χ3n) is 6.76. The number of halogens is 1. The van der Waals surface area contributed by atoms with Gasteiger partial charge in [-0.3, -0.25) is 9.79 Å². The van der Waals surface area contributed by atoms with Gasteiger partial charge in [0.05, 0.1) is 11.2 Å². The number of carbonyl (C=O) groups excluding carboxylic acids is 1. The van der Waals surface area contributed by atoms with Gasteiger partial charge in [0.25, 0.3) is 0 Å². The molecule has 0 saturated carbocycles. The first kappa shape index (κ1) is 30.6. The largest absolute Gasteiger partial charge is 0.587 e. The van der Waals surface area contributed by atoms with Gasteiger partial charge >= 0.3 is 5.91 Å². The molecule has 0 radical (unpaired) electrons. The van der Waals surface area contributed by atoms with E-state index in [1.54, 1.807) is 51.8 Å². The second-order valence-corrected chi connectivity index (χ2v) is 12.5. The third kappa shape index (κ3) is 5.96. The number of thiophene rings is 1. The number of fused-ring (bicyclic) bond motifs is 1. The van der Waals surface area contributed by atoms with E-state index in [2.05, 4.69) is 16.2 Å². The molecule has 2 heterocycles. The molecule has 2 aromatic heterocycles. The predicted octanol–water partition coefficient (Wildman–Crippen LogP) is 7.26. The molecule has 8 nitrogen and oxygen atoms in total. The number of aryl methyl sites for hydroxylation is 1. The lowest BCUT2D eigenvalue weighted by Gasteiger charge is -2.17. The zero-order valence-corrected chi connectivity index (χ0v) is 25.6. The van der Waals surface area contributed by atoms with E-state index in [9.17, 15) is 23.9 Å². The average Bonchev–Trinajstić information content (AvgIpc) is 3.61. The fourth-order valence-corrected chi connectivity index (χ4v) is 6.83. The van der Waals surface area contributed by atoms with Crippen LogP contribution in [-0.4, -0.2) is 26.2 Å². The van der Waals surface area contributed by atoms with Crippen molar-refractivity contribution in [2.24, 2.45) is 15.9 Å². The highest BCUT2D eigenvalue weighted by Gasteiger charge is 2.30. The molecule has 0 aliphatic rings. The Hall–Kier alpha value is -4.89. The first-order valence-electron chi connectivity index (χ1n) is 13.5. The van der Waals surface area contributed by atoms with Gasteiger partial charge in [0.15, 0.2) is 4.90 Å². The Bertz CT molecular complexity index is 2000. The molecule has 0 spiro atoms. The molecule has 2 N–H and O–H groups in total. The standard InChI is InChI=1S/C33H26FN5O3S2/c1-19(2)37-28(17-27(36)33(40)38-41)21-5-4-6-22(15-21)32-31(25-13-14-43-30(25)18-35)26-16-23(34)9-12-29(26)39(32)44(42)24-10-7-20(3)8-11-24/h4-17,19H,36H2,1-3H3. The first-order valence-corrected chi connectivity index (χ1v) is 15.5. The zero-order chi connectivity index (χ0) is 31.5. The van der Waals surface area contributed by atoms with Gasteiger partial charge in [0.2, 0.25) is 0 Å². The number of nitriles is 1. The van der Waals surface area contributed by atoms with Crippen molar-refractivity contribution in [2.75, 3.05) is 0 Å². The summed E-state index contributed by atoms with van der Waals surface area (Å²) in [6.45, 7) is 5.64. The molecule has 44 heavy (non-hydrogen) atoms. The molecule has 3 aromatic carbocycles. The number of hydrogen-bond donors (Lipinski definition) is 1. The molecule has 0 fully saturated rings. The van der Waals surface area contributed by atoms with Gasteiger partial charge in [-0.25, -0.2) is 4.39 Å². The van der Waals surface area contributed by atoms with Crippen LogP contribution < -0.4 is 5.73 Å². The number of hydrogen-bond acceptors (Lipinski definition) is 7. The van der Waals surface area contributed by atoms with Crippen molar-refractivity contribution in [2.45, 2.75) is 31.7 Å². The van der Waals surface area contributed by atoms with E-state index in [4.69, 9.17) is 5.73 Å². The number of carbonyl (C=O) groups is 1. The number of benzene rings is 3. The van der Waals surface area contributed by atoms with E-state index >= 15 is 0 Å². The summed E-state index contributed by atoms with van der Waals surface area (Å²) >= 11 is -0.524. The smallest absolute Gasteiger partial charge is 0.332 e. The van der Waals surface area contributed by atoms with Crippen molar-refractivity contribution >= 4 is 45.2 Å². The van der Waals surface area contributed by atoms with Gasteiger partial charge in [-0.05, 0) is 74.7 Å². The first-order chi connectivity index (χ1) is 21.1. The van der Waals surface area contributed by atoms with Crippen LogP contribution in [0.25, 0.3) is 33.3 Å². The topological polar surface area (TPSA) is 137 Å². The number of aliphatic imine (C=N–C) groups is 1. The number of nitroso groups, excluding NO2 is 1. The summed E-state index contributed by atoms with van der Waals surface area (Å²) in [6.07, 6.45) is 1.30. The Kier molecular flexibility index (Phi) is 8.87. The van der Waals surface area contributed by atoms with E-state index in [1.807, 2.05) is 39.0 Å². The fraction of sp³-hybridized carbons (Fsp3) is 0.121. The van der Waals surface area contributed by atoms with Crippen molar-refractivity contribution in [1.29, 1.82) is 5.26 Å². The Morgan fingerprint density at radius 1 is 1.14 bits per heavy atom. The minimum absolute atomic E-state index is 0.194. The van der Waals surface area contributed by atoms with Crippen LogP contribution in [0.5, 0.6) is 0 Å². The Labute approximate surface area is 260 Å². The molecular formula is C33H26FN5O3S2. The second-order valence-electron chi connectivity index (χ2n) is 10.2. The molecule has 1 amide bonds. The summed E-state index contributed by atoms with van der Waals surface area (Å²) in [6, 6.07) is 22.5. The molecule has 5 rings (SSSR count). The molecule has 0 bridgehead atoms. The van der Waals surface area contributed by atoms with E-state index < -0.39 is 23.1 Å². The van der Waals surface area contributed by atoms with Crippen LogP contribution in [0.1, 0.15) is 29.9 Å². The lowest BCUT2D eigenvalue weighted by atomic mass is 9.97. The van der Waals surface area contributed by atoms with Gasteiger partial charge in [-0.2, -0.15) is 9.23 Å². The van der Waals surface area contributed by atoms with Crippen LogP contribution in [0.3, 0.4) is 0 Å². The number of allylic oxidation sites excluding steroid dienone is 1. The van der Waals surface area contributed by atoms with Crippen molar-refractivity contribution < 1.29 is 13.7 Å². The van der Waals surface area contributed by atoms with Gasteiger partial charge < -0.3 is 10.3 Å². The number of amides is 1. The molecular weight excluding hydrogens is 598 g/mol. The van der Waals surface area contributed by atoms with Gasteiger partial charge in [-0.1, -0.05) is 35.9 Å². The molecule has 11 heteroatoms. The van der Waals surface area contributed by atoms with Gasteiger partial charge in [0.1, 0.15) is 39.5 Å². The molecule has 220 valence electrons. The summed E-state index contributed by atoms with van der Waals surface area (Å²) < 4.78 is 30.9. The highest BCUT2D eigenvalue weighted by molar-refractivity contribution is 7.90. The van der Waals surface area contributed by atoms with Crippen molar-refractivity contribution in [3.05, 3.63) is 117 Å². The van der Waals surface area contributed by atoms with E-state index in [1.165, 1.54) is 29.5 Å². The molecule has 0 saturated heterocycles. The highest BCUT2D eigenvalue weighted by atomic mass is 32.2. The van der Waals surface area contributed by atoms with Crippen LogP contribution in [0.4, 0.5) is 4.39 Å². The Morgan fingerprint density at radius 3 is 2.57 bits per heavy atom. The monoisotopic (exact) mass is 623 g/mol. The third-order valence-corrected chi connectivity index (χ3v) is 8.97. The van der Waals surface area contributed by atoms with Crippen molar-refractivity contribution in [1.82, 2.24) is 3.97 Å². The highest BCUT2D eigenvalue weighted by Crippen LogP contribution is 2.45. The zero-order valence-electron chi connectivity index (χ0n) is 23.9. The molecule has 0 aliphatic carbocycles. The summed E-state index contributed by atoms with van der Waals surface area (Å²) in [5.74, 6) is -1.59. The summed E-state index contributed by atoms with van der Waals surface area (Å²) in [7, 11) is 0. The molecule has 0 aliphatic heterocycles. The maximum absolute atomic E-state index is 14.8. The fourth-order valence-electron chi connectivity index (χ4n) is 4.86. The van der Waals surface area contributed by atoms with E-state index in [0.29, 0.717) is 54.3 Å². The van der Waals surface area contributed by atoms with Crippen molar-refractivity contribution in [3.8, 4) is 28.5 Å². The quantitative estimate of drug-likeness (QED) is 0.0839. The van der Waals surface area contributed by atoms with Crippen LogP contribution in [-0.2, 0) is 16.2 Å². The molecule has 1 unspecified atom stereocenters. The van der Waals surface area contributed by atoms with Gasteiger partial charge in [0, 0.05) is 38.9 Å². The number of rotatable bonds is 8. The van der Waals surface area contributed by atoms with Crippen molar-refractivity contribution in [3.63, 3.8) is 0 Å². The van der Waals surface area contributed by atoms with E-state index in [0.717, 1.165) is 5.56 Å². The van der Waals surface area contributed by atoms with Crippen LogP contribution in [0, 0.1) is 29.0 Å².